The van der Waals surface area contributed by atoms with Crippen molar-refractivity contribution in [3.63, 3.8) is 0 Å². The Kier molecular flexibility index (Phi) is 6.67. The summed E-state index contributed by atoms with van der Waals surface area (Å²) in [5, 5.41) is 20.2. The monoisotopic (exact) mass is 544 g/mol. The molecule has 2 aliphatic heterocycles. The quantitative estimate of drug-likeness (QED) is 0.466. The topological polar surface area (TPSA) is 115 Å². The van der Waals surface area contributed by atoms with Crippen molar-refractivity contribution in [2.45, 2.75) is 62.4 Å². The second-order valence-electron chi connectivity index (χ2n) is 12.2. The summed E-state index contributed by atoms with van der Waals surface area (Å²) in [7, 11) is 0. The number of carboxylic acids is 2. The lowest BCUT2D eigenvalue weighted by molar-refractivity contribution is -0.147. The molecule has 2 saturated heterocycles. The van der Waals surface area contributed by atoms with E-state index in [-0.39, 0.29) is 36.7 Å². The largest absolute Gasteiger partial charge is 0.481 e. The zero-order chi connectivity index (χ0) is 28.1. The van der Waals surface area contributed by atoms with E-state index in [0.717, 1.165) is 25.7 Å². The number of benzene rings is 2. The highest BCUT2D eigenvalue weighted by molar-refractivity contribution is 6.07. The van der Waals surface area contributed by atoms with Gasteiger partial charge in [0.1, 0.15) is 11.1 Å². The lowest BCUT2D eigenvalue weighted by atomic mass is 9.71. The fraction of sp³-hybridized carbons (Fsp3) is 0.500. The predicted octanol–water partition coefficient (Wildman–Crippen LogP) is 3.64. The molecule has 4 fully saturated rings. The molecule has 6 rings (SSSR count). The molecule has 0 radical (unpaired) electrons. The van der Waals surface area contributed by atoms with Crippen LogP contribution >= 0.6 is 0 Å². The fourth-order valence-corrected chi connectivity index (χ4v) is 7.97. The van der Waals surface area contributed by atoms with E-state index >= 15 is 0 Å². The standard InChI is InChI=1S/C32H36N2O6/c35-27(36)25-19-23(17-21-7-3-1-4-8-21)11-13-31(25)29(39)33(31)15-16-34-30(40)32(34)14-12-24(20-26(32)28(37)38)18-22-9-5-2-6-10-22/h1-10,23-26H,11-20H2,(H,35,36)(H,37,38). The number of aliphatic carboxylic acids is 2. The summed E-state index contributed by atoms with van der Waals surface area (Å²) in [6.07, 6.45) is 5.03. The van der Waals surface area contributed by atoms with E-state index in [1.807, 2.05) is 60.7 Å². The normalized spacial score (nSPS) is 32.9. The Morgan fingerprint density at radius 2 is 1.05 bits per heavy atom. The summed E-state index contributed by atoms with van der Waals surface area (Å²) in [5.41, 5.74) is 0.349. The number of rotatable bonds is 9. The lowest BCUT2D eigenvalue weighted by Crippen LogP contribution is -2.43. The van der Waals surface area contributed by atoms with Gasteiger partial charge in [0.15, 0.2) is 0 Å². The van der Waals surface area contributed by atoms with Crippen LogP contribution in [0.1, 0.15) is 49.7 Å². The zero-order valence-corrected chi connectivity index (χ0v) is 22.6. The van der Waals surface area contributed by atoms with Gasteiger partial charge in [-0.05, 0) is 74.3 Å². The summed E-state index contributed by atoms with van der Waals surface area (Å²) in [4.78, 5) is 54.1. The maximum Gasteiger partial charge on any atom is 0.309 e. The number of hydrogen-bond acceptors (Lipinski definition) is 4. The number of amides is 2. The Labute approximate surface area is 234 Å². The van der Waals surface area contributed by atoms with Crippen molar-refractivity contribution in [2.75, 3.05) is 13.1 Å². The van der Waals surface area contributed by atoms with Crippen LogP contribution in [0.4, 0.5) is 0 Å². The number of carbonyl (C=O) groups is 4. The third kappa shape index (κ3) is 4.38. The third-order valence-corrected chi connectivity index (χ3v) is 10.1. The van der Waals surface area contributed by atoms with Crippen LogP contribution in [0.15, 0.2) is 60.7 Å². The maximum absolute atomic E-state index is 13.1. The summed E-state index contributed by atoms with van der Waals surface area (Å²) < 4.78 is 0. The molecule has 8 heteroatoms. The van der Waals surface area contributed by atoms with Gasteiger partial charge >= 0.3 is 11.9 Å². The summed E-state index contributed by atoms with van der Waals surface area (Å²) in [6, 6.07) is 20.0. The SMILES string of the molecule is O=C(O)C1CC(Cc2ccccc2)CCC12C(=O)N2CCN1C(=O)C12CCC(Cc1ccccc1)CC2C(=O)O. The fourth-order valence-electron chi connectivity index (χ4n) is 7.97. The van der Waals surface area contributed by atoms with E-state index in [4.69, 9.17) is 0 Å². The maximum atomic E-state index is 13.1. The number of nitrogens with zero attached hydrogens (tertiary/aromatic N) is 2. The van der Waals surface area contributed by atoms with Gasteiger partial charge in [-0.1, -0.05) is 60.7 Å². The van der Waals surface area contributed by atoms with E-state index < -0.39 is 34.9 Å². The summed E-state index contributed by atoms with van der Waals surface area (Å²) in [5.74, 6) is -3.35. The van der Waals surface area contributed by atoms with Crippen LogP contribution in [-0.2, 0) is 32.0 Å². The first-order valence-electron chi connectivity index (χ1n) is 14.4. The number of carbonyl (C=O) groups excluding carboxylic acids is 2. The molecule has 2 aromatic carbocycles. The number of hydrogen-bond donors (Lipinski definition) is 2. The molecule has 6 atom stereocenters. The van der Waals surface area contributed by atoms with Crippen molar-refractivity contribution >= 4 is 23.8 Å². The smallest absolute Gasteiger partial charge is 0.309 e. The zero-order valence-electron chi connectivity index (χ0n) is 22.6. The van der Waals surface area contributed by atoms with E-state index in [1.165, 1.54) is 11.1 Å². The molecular weight excluding hydrogens is 508 g/mol. The second kappa shape index (κ2) is 10.1. The van der Waals surface area contributed by atoms with E-state index in [9.17, 15) is 29.4 Å². The second-order valence-corrected chi connectivity index (χ2v) is 12.2. The van der Waals surface area contributed by atoms with Gasteiger partial charge in [-0.25, -0.2) is 0 Å². The molecule has 2 N–H and O–H groups in total. The van der Waals surface area contributed by atoms with Crippen molar-refractivity contribution in [3.05, 3.63) is 71.8 Å². The van der Waals surface area contributed by atoms with Crippen molar-refractivity contribution in [2.24, 2.45) is 23.7 Å². The highest BCUT2D eigenvalue weighted by Crippen LogP contribution is 2.55. The average Bonchev–Trinajstić information content (AvgIpc) is 3.73. The van der Waals surface area contributed by atoms with Gasteiger partial charge in [0, 0.05) is 13.1 Å². The first-order valence-corrected chi connectivity index (χ1v) is 14.4. The molecule has 4 aliphatic rings. The van der Waals surface area contributed by atoms with Crippen LogP contribution in [0.3, 0.4) is 0 Å². The Morgan fingerprint density at radius 3 is 1.40 bits per heavy atom. The van der Waals surface area contributed by atoms with E-state index in [2.05, 4.69) is 0 Å². The van der Waals surface area contributed by atoms with Crippen LogP contribution < -0.4 is 0 Å². The van der Waals surface area contributed by atoms with Crippen LogP contribution in [0.5, 0.6) is 0 Å². The first kappa shape index (κ1) is 26.5. The van der Waals surface area contributed by atoms with Crippen LogP contribution in [0, 0.1) is 23.7 Å². The number of carboxylic acid groups (broad SMARTS) is 2. The molecule has 2 saturated carbocycles. The molecule has 8 nitrogen and oxygen atoms in total. The molecule has 2 aliphatic carbocycles. The van der Waals surface area contributed by atoms with Crippen molar-refractivity contribution in [3.8, 4) is 0 Å². The molecule has 210 valence electrons. The van der Waals surface area contributed by atoms with Gasteiger partial charge in [-0.3, -0.25) is 19.2 Å². The van der Waals surface area contributed by atoms with Gasteiger partial charge in [-0.2, -0.15) is 0 Å². The van der Waals surface area contributed by atoms with Crippen molar-refractivity contribution < 1.29 is 29.4 Å². The Hall–Kier alpha value is -3.68. The van der Waals surface area contributed by atoms with Crippen molar-refractivity contribution in [1.82, 2.24) is 9.80 Å². The highest BCUT2D eigenvalue weighted by atomic mass is 16.4. The van der Waals surface area contributed by atoms with Crippen LogP contribution in [-0.4, -0.2) is 67.9 Å². The molecule has 0 aromatic heterocycles. The van der Waals surface area contributed by atoms with Gasteiger partial charge in [0.2, 0.25) is 11.8 Å². The Bertz CT molecular complexity index is 1210. The lowest BCUT2D eigenvalue weighted by Gasteiger charge is -2.34. The third-order valence-electron chi connectivity index (χ3n) is 10.1. The molecule has 2 spiro atoms. The van der Waals surface area contributed by atoms with Gasteiger partial charge in [0.05, 0.1) is 11.8 Å². The molecule has 2 amide bonds. The van der Waals surface area contributed by atoms with Gasteiger partial charge in [-0.15, -0.1) is 0 Å². The molecular formula is C32H36N2O6. The first-order chi connectivity index (χ1) is 19.3. The molecule has 2 heterocycles. The molecule has 2 aromatic rings. The Balaban J connectivity index is 1.09. The average molecular weight is 545 g/mol. The predicted molar refractivity (Wildman–Crippen MR) is 146 cm³/mol. The molecule has 0 bridgehead atoms. The van der Waals surface area contributed by atoms with Gasteiger partial charge < -0.3 is 20.0 Å². The summed E-state index contributed by atoms with van der Waals surface area (Å²) >= 11 is 0. The minimum Gasteiger partial charge on any atom is -0.481 e. The highest BCUT2D eigenvalue weighted by Gasteiger charge is 2.72. The molecule has 40 heavy (non-hydrogen) atoms. The van der Waals surface area contributed by atoms with Crippen molar-refractivity contribution in [1.29, 1.82) is 0 Å². The summed E-state index contributed by atoms with van der Waals surface area (Å²) in [6.45, 7) is 0.498. The van der Waals surface area contributed by atoms with E-state index in [0.29, 0.717) is 25.7 Å². The van der Waals surface area contributed by atoms with Crippen LogP contribution in [0.2, 0.25) is 0 Å². The molecule has 6 unspecified atom stereocenters. The van der Waals surface area contributed by atoms with Gasteiger partial charge in [0.25, 0.3) is 0 Å². The minimum absolute atomic E-state index is 0.150. The minimum atomic E-state index is -0.995. The van der Waals surface area contributed by atoms with Crippen LogP contribution in [0.25, 0.3) is 0 Å². The van der Waals surface area contributed by atoms with E-state index in [1.54, 1.807) is 9.80 Å². The Morgan fingerprint density at radius 1 is 0.675 bits per heavy atom.